The number of carbonyl (C=O) groups is 2. The van der Waals surface area contributed by atoms with Crippen LogP contribution >= 0.6 is 0 Å². The number of hydrogen-bond acceptors (Lipinski definition) is 3. The van der Waals surface area contributed by atoms with E-state index in [4.69, 9.17) is 9.84 Å². The van der Waals surface area contributed by atoms with E-state index >= 15 is 0 Å². The van der Waals surface area contributed by atoms with Crippen molar-refractivity contribution in [1.82, 2.24) is 4.90 Å². The summed E-state index contributed by atoms with van der Waals surface area (Å²) in [5.74, 6) is -0.939. The van der Waals surface area contributed by atoms with Gasteiger partial charge in [-0.25, -0.2) is 4.79 Å². The molecule has 1 heterocycles. The van der Waals surface area contributed by atoms with Gasteiger partial charge in [-0.1, -0.05) is 0 Å². The van der Waals surface area contributed by atoms with Crippen molar-refractivity contribution in [3.63, 3.8) is 0 Å². The second-order valence-corrected chi connectivity index (χ2v) is 2.64. The van der Waals surface area contributed by atoms with Gasteiger partial charge in [-0.2, -0.15) is 0 Å². The molecule has 1 unspecified atom stereocenters. The largest absolute Gasteiger partial charge is 0.481 e. The average molecular weight is 173 g/mol. The number of carbonyl (C=O) groups excluding carboxylic acids is 1. The van der Waals surface area contributed by atoms with Gasteiger partial charge in [0.15, 0.2) is 0 Å². The first-order chi connectivity index (χ1) is 5.63. The second-order valence-electron chi connectivity index (χ2n) is 2.64. The number of likely N-dealkylation sites (N-methyl/N-ethyl adjacent to an activating group) is 1. The number of rotatable bonds is 3. The molecule has 0 radical (unpaired) electrons. The van der Waals surface area contributed by atoms with E-state index < -0.39 is 18.2 Å². The van der Waals surface area contributed by atoms with Crippen LogP contribution in [0.5, 0.6) is 0 Å². The lowest BCUT2D eigenvalue weighted by atomic mass is 10.2. The summed E-state index contributed by atoms with van der Waals surface area (Å²) in [5, 5.41) is 8.41. The van der Waals surface area contributed by atoms with Crippen LogP contribution in [0.4, 0.5) is 4.79 Å². The molecule has 12 heavy (non-hydrogen) atoms. The third-order valence-electron chi connectivity index (χ3n) is 1.73. The minimum Gasteiger partial charge on any atom is -0.481 e. The number of nitrogens with zero attached hydrogens (tertiary/aromatic N) is 1. The maximum Gasteiger partial charge on any atom is 0.410 e. The van der Waals surface area contributed by atoms with Crippen LogP contribution in [0, 0.1) is 0 Å². The molecule has 1 aliphatic rings. The van der Waals surface area contributed by atoms with E-state index in [2.05, 4.69) is 0 Å². The lowest BCUT2D eigenvalue weighted by Crippen LogP contribution is -2.25. The average Bonchev–Trinajstić information content (AvgIpc) is 2.29. The van der Waals surface area contributed by atoms with E-state index in [0.29, 0.717) is 13.1 Å². The number of aliphatic carboxylic acids is 1. The topological polar surface area (TPSA) is 66.8 Å². The van der Waals surface area contributed by atoms with Gasteiger partial charge in [0.1, 0.15) is 6.10 Å². The predicted molar refractivity (Wildman–Crippen MR) is 39.8 cm³/mol. The molecule has 0 aromatic heterocycles. The number of cyclic esters (lactones) is 1. The molecular formula is C7H11NO4. The van der Waals surface area contributed by atoms with Crippen molar-refractivity contribution in [3.8, 4) is 0 Å². The Morgan fingerprint density at radius 2 is 2.50 bits per heavy atom. The van der Waals surface area contributed by atoms with Crippen molar-refractivity contribution in [2.24, 2.45) is 0 Å². The van der Waals surface area contributed by atoms with E-state index in [1.165, 1.54) is 4.90 Å². The Morgan fingerprint density at radius 3 is 2.92 bits per heavy atom. The summed E-state index contributed by atoms with van der Waals surface area (Å²) in [6.45, 7) is 2.78. The normalized spacial score (nSPS) is 22.6. The summed E-state index contributed by atoms with van der Waals surface area (Å²) in [6, 6.07) is 0. The lowest BCUT2D eigenvalue weighted by molar-refractivity contribution is -0.138. The summed E-state index contributed by atoms with van der Waals surface area (Å²) < 4.78 is 4.78. The molecule has 1 amide bonds. The smallest absolute Gasteiger partial charge is 0.410 e. The van der Waals surface area contributed by atoms with Crippen LogP contribution in [-0.2, 0) is 9.53 Å². The Balaban J connectivity index is 2.43. The third kappa shape index (κ3) is 1.87. The van der Waals surface area contributed by atoms with Crippen LogP contribution in [0.15, 0.2) is 0 Å². The molecule has 1 N–H and O–H groups in total. The number of hydrogen-bond donors (Lipinski definition) is 1. The molecule has 0 saturated carbocycles. The van der Waals surface area contributed by atoms with Crippen LogP contribution in [0.2, 0.25) is 0 Å². The van der Waals surface area contributed by atoms with Crippen molar-refractivity contribution in [2.75, 3.05) is 13.1 Å². The maximum atomic E-state index is 10.9. The summed E-state index contributed by atoms with van der Waals surface area (Å²) in [7, 11) is 0. The molecule has 5 heteroatoms. The van der Waals surface area contributed by atoms with Gasteiger partial charge in [0.25, 0.3) is 0 Å². The number of carboxylic acid groups (broad SMARTS) is 1. The van der Waals surface area contributed by atoms with Gasteiger partial charge < -0.3 is 14.7 Å². The van der Waals surface area contributed by atoms with E-state index in [9.17, 15) is 9.59 Å². The summed E-state index contributed by atoms with van der Waals surface area (Å²) in [6.07, 6.45) is -0.999. The van der Waals surface area contributed by atoms with Gasteiger partial charge in [0.05, 0.1) is 13.0 Å². The van der Waals surface area contributed by atoms with Crippen LogP contribution in [-0.4, -0.2) is 41.3 Å². The lowest BCUT2D eigenvalue weighted by Gasteiger charge is -2.07. The Bertz CT molecular complexity index is 204. The first kappa shape index (κ1) is 8.83. The Hall–Kier alpha value is -1.26. The molecule has 0 aromatic carbocycles. The zero-order valence-electron chi connectivity index (χ0n) is 6.82. The zero-order chi connectivity index (χ0) is 9.14. The molecule has 0 bridgehead atoms. The SMILES string of the molecule is CCN1CC(CC(=O)O)OC1=O. The summed E-state index contributed by atoms with van der Waals surface area (Å²) >= 11 is 0. The summed E-state index contributed by atoms with van der Waals surface area (Å²) in [4.78, 5) is 22.6. The van der Waals surface area contributed by atoms with Crippen molar-refractivity contribution < 1.29 is 19.4 Å². The Kier molecular flexibility index (Phi) is 2.52. The molecule has 1 fully saturated rings. The minimum atomic E-state index is -0.939. The number of amides is 1. The highest BCUT2D eigenvalue weighted by Crippen LogP contribution is 2.13. The van der Waals surface area contributed by atoms with Gasteiger partial charge in [0.2, 0.25) is 0 Å². The second kappa shape index (κ2) is 3.42. The van der Waals surface area contributed by atoms with Gasteiger partial charge in [-0.05, 0) is 6.92 Å². The molecule has 1 rings (SSSR count). The fourth-order valence-corrected chi connectivity index (χ4v) is 1.13. The molecule has 0 spiro atoms. The molecular weight excluding hydrogens is 162 g/mol. The van der Waals surface area contributed by atoms with Gasteiger partial charge >= 0.3 is 12.1 Å². The molecule has 0 aromatic rings. The zero-order valence-corrected chi connectivity index (χ0v) is 6.82. The van der Waals surface area contributed by atoms with Gasteiger partial charge in [0, 0.05) is 6.54 Å². The quantitative estimate of drug-likeness (QED) is 0.666. The maximum absolute atomic E-state index is 10.9. The predicted octanol–water partition coefficient (Wildman–Crippen LogP) is 0.302. The van der Waals surface area contributed by atoms with Crippen LogP contribution in [0.25, 0.3) is 0 Å². The minimum absolute atomic E-state index is 0.109. The molecule has 68 valence electrons. The third-order valence-corrected chi connectivity index (χ3v) is 1.73. The van der Waals surface area contributed by atoms with Crippen LogP contribution in [0.3, 0.4) is 0 Å². The van der Waals surface area contributed by atoms with E-state index in [0.717, 1.165) is 0 Å². The number of carboxylic acids is 1. The van der Waals surface area contributed by atoms with Gasteiger partial charge in [-0.3, -0.25) is 4.79 Å². The fraction of sp³-hybridized carbons (Fsp3) is 0.714. The van der Waals surface area contributed by atoms with Crippen molar-refractivity contribution in [2.45, 2.75) is 19.4 Å². The molecule has 1 aliphatic heterocycles. The monoisotopic (exact) mass is 173 g/mol. The number of ether oxygens (including phenoxy) is 1. The van der Waals surface area contributed by atoms with Crippen LogP contribution in [0.1, 0.15) is 13.3 Å². The van der Waals surface area contributed by atoms with Gasteiger partial charge in [-0.15, -0.1) is 0 Å². The fourth-order valence-electron chi connectivity index (χ4n) is 1.13. The first-order valence-corrected chi connectivity index (χ1v) is 3.80. The highest BCUT2D eigenvalue weighted by atomic mass is 16.6. The Morgan fingerprint density at radius 1 is 1.83 bits per heavy atom. The highest BCUT2D eigenvalue weighted by molar-refractivity contribution is 5.72. The van der Waals surface area contributed by atoms with Crippen molar-refractivity contribution >= 4 is 12.1 Å². The molecule has 1 atom stereocenters. The van der Waals surface area contributed by atoms with Crippen molar-refractivity contribution in [3.05, 3.63) is 0 Å². The van der Waals surface area contributed by atoms with Crippen molar-refractivity contribution in [1.29, 1.82) is 0 Å². The molecule has 5 nitrogen and oxygen atoms in total. The molecule has 0 aliphatic carbocycles. The molecule has 1 saturated heterocycles. The van der Waals surface area contributed by atoms with Crippen LogP contribution < -0.4 is 0 Å². The standard InChI is InChI=1S/C7H11NO4/c1-2-8-4-5(3-6(9)10)12-7(8)11/h5H,2-4H2,1H3,(H,9,10). The Labute approximate surface area is 69.9 Å². The summed E-state index contributed by atoms with van der Waals surface area (Å²) in [5.41, 5.74) is 0. The first-order valence-electron chi connectivity index (χ1n) is 3.80. The van der Waals surface area contributed by atoms with E-state index in [-0.39, 0.29) is 6.42 Å². The highest BCUT2D eigenvalue weighted by Gasteiger charge is 2.31. The van der Waals surface area contributed by atoms with E-state index in [1.54, 1.807) is 0 Å². The van der Waals surface area contributed by atoms with E-state index in [1.807, 2.05) is 6.92 Å².